The highest BCUT2D eigenvalue weighted by atomic mass is 32.2. The molecule has 66 valence electrons. The molecule has 0 nitrogen and oxygen atoms in total. The molecule has 0 amide bonds. The van der Waals surface area contributed by atoms with Crippen LogP contribution in [0.1, 0.15) is 38.5 Å². The molecular weight excluding hydrogens is 172 g/mol. The first-order chi connectivity index (χ1) is 5.43. The van der Waals surface area contributed by atoms with E-state index >= 15 is 0 Å². The lowest BCUT2D eigenvalue weighted by molar-refractivity contribution is 0.516. The normalized spacial score (nSPS) is 20.5. The highest BCUT2D eigenvalue weighted by molar-refractivity contribution is 7.99. The van der Waals surface area contributed by atoms with E-state index in [0.717, 1.165) is 11.0 Å². The second-order valence-electron chi connectivity index (χ2n) is 3.21. The van der Waals surface area contributed by atoms with E-state index in [2.05, 4.69) is 24.4 Å². The standard InChI is InChI=1S/C9H18S2/c10-7-4-8-11-9-5-2-1-3-6-9/h9-10H,1-8H2. The topological polar surface area (TPSA) is 0 Å². The second-order valence-corrected chi connectivity index (χ2v) is 5.06. The number of thiol groups is 1. The molecule has 0 bridgehead atoms. The van der Waals surface area contributed by atoms with Crippen molar-refractivity contribution in [2.75, 3.05) is 11.5 Å². The third-order valence-electron chi connectivity index (χ3n) is 2.21. The minimum atomic E-state index is 0.989. The van der Waals surface area contributed by atoms with Gasteiger partial charge in [-0.1, -0.05) is 19.3 Å². The first-order valence-corrected chi connectivity index (χ1v) is 6.34. The van der Waals surface area contributed by atoms with Gasteiger partial charge in [-0.2, -0.15) is 24.4 Å². The highest BCUT2D eigenvalue weighted by Crippen LogP contribution is 2.28. The minimum Gasteiger partial charge on any atom is -0.179 e. The summed E-state index contributed by atoms with van der Waals surface area (Å²) in [6.07, 6.45) is 8.64. The lowest BCUT2D eigenvalue weighted by atomic mass is 10.0. The predicted octanol–water partition coefficient (Wildman–Crippen LogP) is 3.37. The van der Waals surface area contributed by atoms with Gasteiger partial charge in [0, 0.05) is 5.25 Å². The molecule has 0 spiro atoms. The molecule has 1 saturated carbocycles. The molecule has 0 unspecified atom stereocenters. The van der Waals surface area contributed by atoms with Crippen molar-refractivity contribution in [2.24, 2.45) is 0 Å². The lowest BCUT2D eigenvalue weighted by Gasteiger charge is -2.20. The maximum absolute atomic E-state index is 4.21. The van der Waals surface area contributed by atoms with Gasteiger partial charge in [-0.15, -0.1) is 0 Å². The summed E-state index contributed by atoms with van der Waals surface area (Å²) in [5.74, 6) is 2.38. The van der Waals surface area contributed by atoms with Gasteiger partial charge in [0.1, 0.15) is 0 Å². The Labute approximate surface area is 79.9 Å². The van der Waals surface area contributed by atoms with E-state index in [1.54, 1.807) is 0 Å². The number of thioether (sulfide) groups is 1. The van der Waals surface area contributed by atoms with Gasteiger partial charge >= 0.3 is 0 Å². The number of rotatable bonds is 4. The molecule has 1 aliphatic carbocycles. The van der Waals surface area contributed by atoms with E-state index in [-0.39, 0.29) is 0 Å². The SMILES string of the molecule is SCCCSC1CCCCC1. The minimum absolute atomic E-state index is 0.989. The molecule has 1 fully saturated rings. The summed E-state index contributed by atoms with van der Waals surface area (Å²) in [5, 5.41) is 0.989. The van der Waals surface area contributed by atoms with Gasteiger partial charge < -0.3 is 0 Å². The molecule has 0 aromatic carbocycles. The van der Waals surface area contributed by atoms with Crippen LogP contribution in [0.5, 0.6) is 0 Å². The van der Waals surface area contributed by atoms with Crippen molar-refractivity contribution in [3.05, 3.63) is 0 Å². The predicted molar refractivity (Wildman–Crippen MR) is 57.8 cm³/mol. The van der Waals surface area contributed by atoms with E-state index in [4.69, 9.17) is 0 Å². The fourth-order valence-electron chi connectivity index (χ4n) is 1.55. The van der Waals surface area contributed by atoms with Gasteiger partial charge in [0.05, 0.1) is 0 Å². The Bertz CT molecular complexity index is 87.6. The van der Waals surface area contributed by atoms with Crippen LogP contribution >= 0.6 is 24.4 Å². The first kappa shape index (κ1) is 9.79. The summed E-state index contributed by atoms with van der Waals surface area (Å²) in [6.45, 7) is 0. The van der Waals surface area contributed by atoms with Crippen molar-refractivity contribution in [2.45, 2.75) is 43.8 Å². The van der Waals surface area contributed by atoms with E-state index in [0.29, 0.717) is 0 Å². The molecule has 1 aliphatic rings. The largest absolute Gasteiger partial charge is 0.179 e. The Morgan fingerprint density at radius 2 is 1.91 bits per heavy atom. The third kappa shape index (κ3) is 4.32. The monoisotopic (exact) mass is 190 g/mol. The number of hydrogen-bond acceptors (Lipinski definition) is 2. The maximum atomic E-state index is 4.21. The maximum Gasteiger partial charge on any atom is 0.00470 e. The van der Waals surface area contributed by atoms with Crippen LogP contribution in [0.15, 0.2) is 0 Å². The van der Waals surface area contributed by atoms with Crippen LogP contribution in [0.3, 0.4) is 0 Å². The third-order valence-corrected chi connectivity index (χ3v) is 3.99. The lowest BCUT2D eigenvalue weighted by Crippen LogP contribution is -2.08. The molecule has 0 atom stereocenters. The van der Waals surface area contributed by atoms with E-state index in [1.165, 1.54) is 44.3 Å². The van der Waals surface area contributed by atoms with Crippen LogP contribution in [-0.2, 0) is 0 Å². The van der Waals surface area contributed by atoms with Crippen molar-refractivity contribution in [3.63, 3.8) is 0 Å². The second kappa shape index (κ2) is 6.24. The van der Waals surface area contributed by atoms with Gasteiger partial charge in [-0.25, -0.2) is 0 Å². The Morgan fingerprint density at radius 3 is 2.55 bits per heavy atom. The molecule has 0 aromatic heterocycles. The Kier molecular flexibility index (Phi) is 5.55. The zero-order valence-corrected chi connectivity index (χ0v) is 8.80. The van der Waals surface area contributed by atoms with Crippen LogP contribution in [0.2, 0.25) is 0 Å². The molecule has 0 aromatic rings. The molecule has 11 heavy (non-hydrogen) atoms. The van der Waals surface area contributed by atoms with Crippen molar-refractivity contribution < 1.29 is 0 Å². The van der Waals surface area contributed by atoms with Crippen molar-refractivity contribution in [1.29, 1.82) is 0 Å². The average molecular weight is 190 g/mol. The Morgan fingerprint density at radius 1 is 1.18 bits per heavy atom. The van der Waals surface area contributed by atoms with Gasteiger partial charge in [-0.05, 0) is 30.8 Å². The summed E-state index contributed by atoms with van der Waals surface area (Å²) in [4.78, 5) is 0. The fraction of sp³-hybridized carbons (Fsp3) is 1.00. The molecule has 0 saturated heterocycles. The van der Waals surface area contributed by atoms with E-state index in [1.807, 2.05) is 0 Å². The number of hydrogen-bond donors (Lipinski definition) is 1. The Balaban J connectivity index is 1.96. The van der Waals surface area contributed by atoms with Crippen LogP contribution in [0.25, 0.3) is 0 Å². The summed E-state index contributed by atoms with van der Waals surface area (Å²) in [7, 11) is 0. The molecule has 2 heteroatoms. The van der Waals surface area contributed by atoms with Gasteiger partial charge in [-0.3, -0.25) is 0 Å². The van der Waals surface area contributed by atoms with Crippen LogP contribution < -0.4 is 0 Å². The van der Waals surface area contributed by atoms with Crippen molar-refractivity contribution >= 4 is 24.4 Å². The van der Waals surface area contributed by atoms with E-state index in [9.17, 15) is 0 Å². The van der Waals surface area contributed by atoms with Gasteiger partial charge in [0.2, 0.25) is 0 Å². The zero-order chi connectivity index (χ0) is 7.94. The Hall–Kier alpha value is 0.700. The fourth-order valence-corrected chi connectivity index (χ4v) is 3.23. The van der Waals surface area contributed by atoms with Gasteiger partial charge in [0.25, 0.3) is 0 Å². The quantitative estimate of drug-likeness (QED) is 0.524. The summed E-state index contributed by atoms with van der Waals surface area (Å²) >= 11 is 6.38. The molecule has 0 radical (unpaired) electrons. The zero-order valence-electron chi connectivity index (χ0n) is 7.09. The van der Waals surface area contributed by atoms with Crippen molar-refractivity contribution in [3.8, 4) is 0 Å². The van der Waals surface area contributed by atoms with Crippen LogP contribution in [-0.4, -0.2) is 16.8 Å². The van der Waals surface area contributed by atoms with Crippen molar-refractivity contribution in [1.82, 2.24) is 0 Å². The van der Waals surface area contributed by atoms with Crippen LogP contribution in [0, 0.1) is 0 Å². The highest BCUT2D eigenvalue weighted by Gasteiger charge is 2.12. The molecule has 0 heterocycles. The van der Waals surface area contributed by atoms with Crippen LogP contribution in [0.4, 0.5) is 0 Å². The molecule has 0 N–H and O–H groups in total. The molecule has 0 aliphatic heterocycles. The summed E-state index contributed by atoms with van der Waals surface area (Å²) in [5.41, 5.74) is 0. The van der Waals surface area contributed by atoms with Gasteiger partial charge in [0.15, 0.2) is 0 Å². The summed E-state index contributed by atoms with van der Waals surface area (Å²) < 4.78 is 0. The molecular formula is C9H18S2. The molecule has 1 rings (SSSR count). The summed E-state index contributed by atoms with van der Waals surface area (Å²) in [6, 6.07) is 0. The average Bonchev–Trinajstić information content (AvgIpc) is 2.07. The van der Waals surface area contributed by atoms with E-state index < -0.39 is 0 Å². The first-order valence-electron chi connectivity index (χ1n) is 4.66. The smallest absolute Gasteiger partial charge is 0.00470 e.